The van der Waals surface area contributed by atoms with E-state index in [2.05, 4.69) is 10.0 Å². The minimum atomic E-state index is -3.93. The van der Waals surface area contributed by atoms with Gasteiger partial charge in [0.25, 0.3) is 21.6 Å². The number of nitro groups is 1. The van der Waals surface area contributed by atoms with E-state index in [1.807, 2.05) is 19.1 Å². The highest BCUT2D eigenvalue weighted by Crippen LogP contribution is 2.28. The fourth-order valence-electron chi connectivity index (χ4n) is 3.81. The number of aryl methyl sites for hydroxylation is 1. The number of anilines is 2. The van der Waals surface area contributed by atoms with Gasteiger partial charge in [-0.1, -0.05) is 48.5 Å². The highest BCUT2D eigenvalue weighted by Gasteiger charge is 2.18. The lowest BCUT2D eigenvalue weighted by atomic mass is 10.0. The van der Waals surface area contributed by atoms with E-state index in [1.165, 1.54) is 43.5 Å². The summed E-state index contributed by atoms with van der Waals surface area (Å²) in [7, 11) is -2.47. The number of hydrogen-bond acceptors (Lipinski definition) is 6. The molecular formula is C29H25N3O6S. The van der Waals surface area contributed by atoms with Crippen molar-refractivity contribution in [1.29, 1.82) is 0 Å². The number of hydrogen-bond donors (Lipinski definition) is 2. The van der Waals surface area contributed by atoms with E-state index in [1.54, 1.807) is 54.6 Å². The SMILES string of the molecule is COc1ccc(C)cc1NS(=O)(=O)c1ccc(NC(=O)/C(=C/c2cccc([N+](=O)[O-])c2)c2ccccc2)cc1. The van der Waals surface area contributed by atoms with Crippen molar-refractivity contribution in [3.05, 3.63) is 124 Å². The van der Waals surface area contributed by atoms with Gasteiger partial charge in [0.1, 0.15) is 5.75 Å². The highest BCUT2D eigenvalue weighted by atomic mass is 32.2. The van der Waals surface area contributed by atoms with E-state index in [4.69, 9.17) is 4.74 Å². The molecule has 10 heteroatoms. The third-order valence-electron chi connectivity index (χ3n) is 5.74. The largest absolute Gasteiger partial charge is 0.495 e. The van der Waals surface area contributed by atoms with Gasteiger partial charge in [0, 0.05) is 23.4 Å². The second-order valence-electron chi connectivity index (χ2n) is 8.56. The number of sulfonamides is 1. The molecule has 0 fully saturated rings. The molecule has 4 aromatic rings. The summed E-state index contributed by atoms with van der Waals surface area (Å²) in [6.45, 7) is 1.84. The van der Waals surface area contributed by atoms with Gasteiger partial charge < -0.3 is 10.1 Å². The van der Waals surface area contributed by atoms with Gasteiger partial charge in [0.2, 0.25) is 0 Å². The number of ether oxygens (including phenoxy) is 1. The van der Waals surface area contributed by atoms with Crippen LogP contribution < -0.4 is 14.8 Å². The van der Waals surface area contributed by atoms with Crippen molar-refractivity contribution >= 4 is 44.6 Å². The molecule has 4 rings (SSSR count). The van der Waals surface area contributed by atoms with Gasteiger partial charge in [-0.3, -0.25) is 19.6 Å². The van der Waals surface area contributed by atoms with Crippen LogP contribution >= 0.6 is 0 Å². The Bertz CT molecular complexity index is 1650. The van der Waals surface area contributed by atoms with Gasteiger partial charge in [-0.05, 0) is 66.1 Å². The zero-order chi connectivity index (χ0) is 28.0. The third-order valence-corrected chi connectivity index (χ3v) is 7.12. The number of nitro benzene ring substituents is 1. The van der Waals surface area contributed by atoms with Crippen molar-refractivity contribution in [1.82, 2.24) is 0 Å². The molecule has 0 radical (unpaired) electrons. The Morgan fingerprint density at radius 1 is 0.923 bits per heavy atom. The fourth-order valence-corrected chi connectivity index (χ4v) is 4.87. The Morgan fingerprint density at radius 3 is 2.31 bits per heavy atom. The molecule has 0 unspecified atom stereocenters. The molecule has 0 aliphatic carbocycles. The molecule has 1 amide bonds. The number of carbonyl (C=O) groups is 1. The Labute approximate surface area is 226 Å². The van der Waals surface area contributed by atoms with Crippen molar-refractivity contribution in [3.8, 4) is 5.75 Å². The summed E-state index contributed by atoms with van der Waals surface area (Å²) in [5, 5.41) is 14.0. The molecule has 39 heavy (non-hydrogen) atoms. The van der Waals surface area contributed by atoms with Crippen molar-refractivity contribution in [2.45, 2.75) is 11.8 Å². The van der Waals surface area contributed by atoms with Gasteiger partial charge in [-0.25, -0.2) is 8.42 Å². The van der Waals surface area contributed by atoms with Gasteiger partial charge in [-0.2, -0.15) is 0 Å². The molecule has 0 aliphatic rings. The molecule has 0 aliphatic heterocycles. The molecule has 0 saturated carbocycles. The van der Waals surface area contributed by atoms with Crippen LogP contribution in [0, 0.1) is 17.0 Å². The monoisotopic (exact) mass is 543 g/mol. The normalized spacial score (nSPS) is 11.5. The molecule has 0 aromatic heterocycles. The summed E-state index contributed by atoms with van der Waals surface area (Å²) in [5.41, 5.74) is 2.82. The Balaban J connectivity index is 1.58. The molecule has 0 heterocycles. The van der Waals surface area contributed by atoms with Crippen LogP contribution in [-0.4, -0.2) is 26.4 Å². The molecule has 0 atom stereocenters. The molecular weight excluding hydrogens is 518 g/mol. The number of non-ortho nitro benzene ring substituents is 1. The number of methoxy groups -OCH3 is 1. The average molecular weight is 544 g/mol. The van der Waals surface area contributed by atoms with Gasteiger partial charge >= 0.3 is 0 Å². The first-order valence-electron chi connectivity index (χ1n) is 11.8. The number of rotatable bonds is 9. The van der Waals surface area contributed by atoms with Gasteiger partial charge in [0.15, 0.2) is 0 Å². The van der Waals surface area contributed by atoms with Crippen LogP contribution in [0.3, 0.4) is 0 Å². The summed E-state index contributed by atoms with van der Waals surface area (Å²) >= 11 is 0. The van der Waals surface area contributed by atoms with E-state index in [9.17, 15) is 23.3 Å². The highest BCUT2D eigenvalue weighted by molar-refractivity contribution is 7.92. The number of benzene rings is 4. The van der Waals surface area contributed by atoms with E-state index >= 15 is 0 Å². The van der Waals surface area contributed by atoms with Gasteiger partial charge in [-0.15, -0.1) is 0 Å². The Hall–Kier alpha value is -4.96. The van der Waals surface area contributed by atoms with Crippen LogP contribution in [-0.2, 0) is 14.8 Å². The van der Waals surface area contributed by atoms with Crippen LogP contribution in [0.5, 0.6) is 5.75 Å². The maximum Gasteiger partial charge on any atom is 0.270 e. The number of nitrogens with zero attached hydrogens (tertiary/aromatic N) is 1. The first kappa shape index (κ1) is 27.1. The lowest BCUT2D eigenvalue weighted by molar-refractivity contribution is -0.384. The minimum Gasteiger partial charge on any atom is -0.495 e. The summed E-state index contributed by atoms with van der Waals surface area (Å²) in [6.07, 6.45) is 1.57. The van der Waals surface area contributed by atoms with Crippen LogP contribution in [0.25, 0.3) is 11.6 Å². The molecule has 9 nitrogen and oxygen atoms in total. The fraction of sp³-hybridized carbons (Fsp3) is 0.0690. The maximum absolute atomic E-state index is 13.3. The number of carbonyl (C=O) groups excluding carboxylic acids is 1. The molecule has 0 spiro atoms. The van der Waals surface area contributed by atoms with Crippen LogP contribution in [0.2, 0.25) is 0 Å². The summed E-state index contributed by atoms with van der Waals surface area (Å²) < 4.78 is 33.7. The topological polar surface area (TPSA) is 128 Å². The van der Waals surface area contributed by atoms with E-state index in [-0.39, 0.29) is 16.2 Å². The summed E-state index contributed by atoms with van der Waals surface area (Å²) in [5.74, 6) is -0.0806. The van der Waals surface area contributed by atoms with Crippen molar-refractivity contribution in [2.24, 2.45) is 0 Å². The van der Waals surface area contributed by atoms with Crippen molar-refractivity contribution in [3.63, 3.8) is 0 Å². The van der Waals surface area contributed by atoms with Crippen molar-refractivity contribution < 1.29 is 22.9 Å². The number of nitrogens with one attached hydrogen (secondary N) is 2. The predicted molar refractivity (Wildman–Crippen MR) is 151 cm³/mol. The van der Waals surface area contributed by atoms with E-state index in [0.29, 0.717) is 28.3 Å². The molecule has 198 valence electrons. The molecule has 0 bridgehead atoms. The quantitative estimate of drug-likeness (QED) is 0.117. The second-order valence-corrected chi connectivity index (χ2v) is 10.2. The zero-order valence-electron chi connectivity index (χ0n) is 21.1. The lowest BCUT2D eigenvalue weighted by Gasteiger charge is -2.13. The summed E-state index contributed by atoms with van der Waals surface area (Å²) in [6, 6.07) is 25.7. The second kappa shape index (κ2) is 11.6. The molecule has 0 saturated heterocycles. The van der Waals surface area contributed by atoms with E-state index < -0.39 is 20.9 Å². The minimum absolute atomic E-state index is 0.000483. The lowest BCUT2D eigenvalue weighted by Crippen LogP contribution is -2.15. The smallest absolute Gasteiger partial charge is 0.270 e. The predicted octanol–water partition coefficient (Wildman–Crippen LogP) is 5.89. The average Bonchev–Trinajstić information content (AvgIpc) is 2.92. The Morgan fingerprint density at radius 2 is 1.64 bits per heavy atom. The van der Waals surface area contributed by atoms with Crippen LogP contribution in [0.4, 0.5) is 17.1 Å². The number of amides is 1. The van der Waals surface area contributed by atoms with Crippen LogP contribution in [0.15, 0.2) is 102 Å². The van der Waals surface area contributed by atoms with Crippen LogP contribution in [0.1, 0.15) is 16.7 Å². The summed E-state index contributed by atoms with van der Waals surface area (Å²) in [4.78, 5) is 24.0. The van der Waals surface area contributed by atoms with Gasteiger partial charge in [0.05, 0.1) is 22.6 Å². The zero-order valence-corrected chi connectivity index (χ0v) is 21.9. The third kappa shape index (κ3) is 6.68. The molecule has 4 aromatic carbocycles. The maximum atomic E-state index is 13.3. The first-order chi connectivity index (χ1) is 18.7. The van der Waals surface area contributed by atoms with Crippen molar-refractivity contribution in [2.75, 3.05) is 17.1 Å². The van der Waals surface area contributed by atoms with E-state index in [0.717, 1.165) is 5.56 Å². The standard InChI is InChI=1S/C29H25N3O6S/c1-20-11-16-28(38-2)27(17-20)31-39(36,37)25-14-12-23(13-15-25)30-29(33)26(22-8-4-3-5-9-22)19-21-7-6-10-24(18-21)32(34)35/h3-19,31H,1-2H3,(H,30,33)/b26-19+. The molecule has 2 N–H and O–H groups in total. The first-order valence-corrected chi connectivity index (χ1v) is 13.2. The Kier molecular flexibility index (Phi) is 8.07.